The lowest BCUT2D eigenvalue weighted by Crippen LogP contribution is -2.28. The number of aromatic nitrogens is 1. The molecule has 1 aromatic heterocycles. The van der Waals surface area contributed by atoms with Gasteiger partial charge in [-0.15, -0.1) is 11.3 Å². The zero-order chi connectivity index (χ0) is 17.3. The van der Waals surface area contributed by atoms with Crippen molar-refractivity contribution in [3.63, 3.8) is 0 Å². The highest BCUT2D eigenvalue weighted by Crippen LogP contribution is 2.32. The second-order valence-corrected chi connectivity index (χ2v) is 6.61. The third-order valence-electron chi connectivity index (χ3n) is 3.40. The fourth-order valence-electron chi connectivity index (χ4n) is 1.84. The Kier molecular flexibility index (Phi) is 4.65. The molecule has 8 heteroatoms. The van der Waals surface area contributed by atoms with Gasteiger partial charge in [0.25, 0.3) is 0 Å². The minimum Gasteiger partial charge on any atom is -0.481 e. The van der Waals surface area contributed by atoms with Gasteiger partial charge in [0.05, 0.1) is 12.0 Å². The number of carboxylic acid groups (broad SMARTS) is 1. The summed E-state index contributed by atoms with van der Waals surface area (Å²) < 4.78 is 37.4. The number of rotatable bonds is 5. The number of carboxylic acids is 1. The molecular formula is C15H15F3N2O2S. The van der Waals surface area contributed by atoms with E-state index in [1.54, 1.807) is 38.1 Å². The summed E-state index contributed by atoms with van der Waals surface area (Å²) in [6.45, 7) is 3.43. The van der Waals surface area contributed by atoms with Gasteiger partial charge in [-0.3, -0.25) is 4.79 Å². The second kappa shape index (κ2) is 6.19. The first-order chi connectivity index (χ1) is 10.6. The molecule has 23 heavy (non-hydrogen) atoms. The summed E-state index contributed by atoms with van der Waals surface area (Å²) in [5, 5.41) is 11.3. The molecule has 124 valence electrons. The Balaban J connectivity index is 2.02. The SMILES string of the molecule is CC(C)(C(=O)O)c1ccc(NCc2cnc(C(F)(F)F)s2)cc1. The number of hydrogen-bond acceptors (Lipinski definition) is 4. The topological polar surface area (TPSA) is 62.2 Å². The highest BCUT2D eigenvalue weighted by molar-refractivity contribution is 7.11. The molecule has 0 aliphatic rings. The number of anilines is 1. The van der Waals surface area contributed by atoms with Crippen LogP contribution in [0.1, 0.15) is 29.3 Å². The van der Waals surface area contributed by atoms with Crippen molar-refractivity contribution < 1.29 is 23.1 Å². The van der Waals surface area contributed by atoms with Crippen LogP contribution in [0.15, 0.2) is 30.5 Å². The molecule has 0 aliphatic heterocycles. The Bertz CT molecular complexity index is 693. The first-order valence-corrected chi connectivity index (χ1v) is 7.52. The molecule has 0 saturated carbocycles. The number of benzene rings is 1. The standard InChI is InChI=1S/C15H15F3N2O2S/c1-14(2,13(21)22)9-3-5-10(6-4-9)19-7-11-8-20-12(23-11)15(16,17)18/h3-6,8,19H,7H2,1-2H3,(H,21,22). The summed E-state index contributed by atoms with van der Waals surface area (Å²) in [7, 11) is 0. The minimum atomic E-state index is -4.42. The maximum Gasteiger partial charge on any atom is 0.443 e. The molecule has 0 aliphatic carbocycles. The summed E-state index contributed by atoms with van der Waals surface area (Å²) in [6, 6.07) is 6.77. The quantitative estimate of drug-likeness (QED) is 0.856. The van der Waals surface area contributed by atoms with Gasteiger partial charge < -0.3 is 10.4 Å². The predicted octanol–water partition coefficient (Wildman–Crippen LogP) is 4.14. The van der Waals surface area contributed by atoms with Crippen LogP contribution in [0.3, 0.4) is 0 Å². The van der Waals surface area contributed by atoms with Crippen LogP contribution in [0.4, 0.5) is 18.9 Å². The molecule has 0 radical (unpaired) electrons. The lowest BCUT2D eigenvalue weighted by Gasteiger charge is -2.20. The van der Waals surface area contributed by atoms with E-state index in [0.29, 0.717) is 27.5 Å². The van der Waals surface area contributed by atoms with Crippen LogP contribution in [0.5, 0.6) is 0 Å². The maximum atomic E-state index is 12.5. The van der Waals surface area contributed by atoms with Crippen LogP contribution < -0.4 is 5.32 Å². The molecule has 2 N–H and O–H groups in total. The van der Waals surface area contributed by atoms with Crippen LogP contribution >= 0.6 is 11.3 Å². The lowest BCUT2D eigenvalue weighted by atomic mass is 9.85. The number of thiazole rings is 1. The van der Waals surface area contributed by atoms with Crippen molar-refractivity contribution >= 4 is 23.0 Å². The number of nitrogens with one attached hydrogen (secondary N) is 1. The van der Waals surface area contributed by atoms with Crippen LogP contribution in [-0.2, 0) is 22.9 Å². The molecular weight excluding hydrogens is 329 g/mol. The summed E-state index contributed by atoms with van der Waals surface area (Å²) in [6.07, 6.45) is -3.23. The van der Waals surface area contributed by atoms with E-state index in [1.165, 1.54) is 6.20 Å². The van der Waals surface area contributed by atoms with Gasteiger partial charge in [0, 0.05) is 16.8 Å². The van der Waals surface area contributed by atoms with E-state index in [0.717, 1.165) is 0 Å². The molecule has 0 spiro atoms. The average molecular weight is 344 g/mol. The maximum absolute atomic E-state index is 12.5. The molecule has 1 heterocycles. The summed E-state index contributed by atoms with van der Waals surface area (Å²) >= 11 is 0.594. The Morgan fingerprint density at radius 1 is 1.26 bits per heavy atom. The number of alkyl halides is 3. The third kappa shape index (κ3) is 4.01. The molecule has 0 amide bonds. The zero-order valence-corrected chi connectivity index (χ0v) is 13.3. The normalized spacial score (nSPS) is 12.2. The highest BCUT2D eigenvalue weighted by Gasteiger charge is 2.34. The largest absolute Gasteiger partial charge is 0.481 e. The van der Waals surface area contributed by atoms with Crippen LogP contribution in [0.25, 0.3) is 0 Å². The molecule has 1 aromatic carbocycles. The molecule has 0 unspecified atom stereocenters. The number of carbonyl (C=O) groups is 1. The van der Waals surface area contributed by atoms with Gasteiger partial charge in [-0.25, -0.2) is 4.98 Å². The smallest absolute Gasteiger partial charge is 0.443 e. The van der Waals surface area contributed by atoms with Crippen molar-refractivity contribution in [1.29, 1.82) is 0 Å². The molecule has 0 saturated heterocycles. The number of halogens is 3. The number of hydrogen-bond donors (Lipinski definition) is 2. The van der Waals surface area contributed by atoms with Gasteiger partial charge in [0.15, 0.2) is 5.01 Å². The molecule has 2 rings (SSSR count). The van der Waals surface area contributed by atoms with E-state index >= 15 is 0 Å². The first-order valence-electron chi connectivity index (χ1n) is 6.70. The minimum absolute atomic E-state index is 0.218. The molecule has 2 aromatic rings. The Hall–Kier alpha value is -2.09. The van der Waals surface area contributed by atoms with E-state index in [-0.39, 0.29) is 6.54 Å². The van der Waals surface area contributed by atoms with Crippen LogP contribution in [-0.4, -0.2) is 16.1 Å². The van der Waals surface area contributed by atoms with Crippen molar-refractivity contribution in [3.05, 3.63) is 45.9 Å². The van der Waals surface area contributed by atoms with Crippen molar-refractivity contribution in [2.75, 3.05) is 5.32 Å². The summed E-state index contributed by atoms with van der Waals surface area (Å²) in [5.74, 6) is -0.928. The Labute approximate surface area is 135 Å². The van der Waals surface area contributed by atoms with Gasteiger partial charge in [0.1, 0.15) is 0 Å². The van der Waals surface area contributed by atoms with Gasteiger partial charge in [0.2, 0.25) is 0 Å². The van der Waals surface area contributed by atoms with Crippen molar-refractivity contribution in [1.82, 2.24) is 4.98 Å². The molecule has 4 nitrogen and oxygen atoms in total. The van der Waals surface area contributed by atoms with Crippen LogP contribution in [0, 0.1) is 0 Å². The van der Waals surface area contributed by atoms with E-state index in [1.807, 2.05) is 0 Å². The van der Waals surface area contributed by atoms with E-state index < -0.39 is 22.6 Å². The van der Waals surface area contributed by atoms with Gasteiger partial charge in [-0.1, -0.05) is 12.1 Å². The second-order valence-electron chi connectivity index (χ2n) is 5.49. The number of nitrogens with zero attached hydrogens (tertiary/aromatic N) is 1. The zero-order valence-electron chi connectivity index (χ0n) is 12.4. The molecule has 0 atom stereocenters. The van der Waals surface area contributed by atoms with Crippen molar-refractivity contribution in [3.8, 4) is 0 Å². The fraction of sp³-hybridized carbons (Fsp3) is 0.333. The molecule has 0 bridgehead atoms. The van der Waals surface area contributed by atoms with E-state index in [9.17, 15) is 23.1 Å². The average Bonchev–Trinajstić information content (AvgIpc) is 2.94. The summed E-state index contributed by atoms with van der Waals surface area (Å²) in [4.78, 5) is 15.0. The van der Waals surface area contributed by atoms with E-state index in [2.05, 4.69) is 10.3 Å². The monoisotopic (exact) mass is 344 g/mol. The van der Waals surface area contributed by atoms with Gasteiger partial charge in [-0.05, 0) is 31.5 Å². The van der Waals surface area contributed by atoms with Crippen molar-refractivity contribution in [2.45, 2.75) is 32.0 Å². The molecule has 0 fully saturated rings. The third-order valence-corrected chi connectivity index (χ3v) is 4.45. The first kappa shape index (κ1) is 17.3. The lowest BCUT2D eigenvalue weighted by molar-refractivity contribution is -0.142. The van der Waals surface area contributed by atoms with E-state index in [4.69, 9.17) is 0 Å². The highest BCUT2D eigenvalue weighted by atomic mass is 32.1. The number of aliphatic carboxylic acids is 1. The Morgan fingerprint density at radius 3 is 2.35 bits per heavy atom. The Morgan fingerprint density at radius 2 is 1.87 bits per heavy atom. The van der Waals surface area contributed by atoms with Crippen molar-refractivity contribution in [2.24, 2.45) is 0 Å². The van der Waals surface area contributed by atoms with Crippen LogP contribution in [0.2, 0.25) is 0 Å². The summed E-state index contributed by atoms with van der Waals surface area (Å²) in [5.41, 5.74) is 0.335. The van der Waals surface area contributed by atoms with Gasteiger partial charge >= 0.3 is 12.1 Å². The fourth-order valence-corrected chi connectivity index (χ4v) is 2.56. The predicted molar refractivity (Wildman–Crippen MR) is 81.5 cm³/mol. The van der Waals surface area contributed by atoms with Gasteiger partial charge in [-0.2, -0.15) is 13.2 Å².